The number of rotatable bonds is 3. The number of hydrogen-bond acceptors (Lipinski definition) is 4. The van der Waals surface area contributed by atoms with Crippen LogP contribution in [-0.4, -0.2) is 11.2 Å². The van der Waals surface area contributed by atoms with Crippen LogP contribution in [0.1, 0.15) is 0 Å². The molecule has 2 aromatic carbocycles. The third-order valence-corrected chi connectivity index (χ3v) is 4.99. The van der Waals surface area contributed by atoms with Gasteiger partial charge in [0.2, 0.25) is 0 Å². The number of thiazole rings is 1. The molecule has 3 rings (SSSR count). The molecule has 0 aliphatic carbocycles. The highest BCUT2D eigenvalue weighted by Crippen LogP contribution is 2.33. The van der Waals surface area contributed by atoms with E-state index in [-0.39, 0.29) is 0 Å². The Morgan fingerprint density at radius 1 is 1.15 bits per heavy atom. The first-order valence-corrected chi connectivity index (χ1v) is 8.62. The molecule has 0 unspecified atom stereocenters. The molecule has 0 aliphatic heterocycles. The lowest BCUT2D eigenvalue weighted by Crippen LogP contribution is -1.89. The zero-order chi connectivity index (χ0) is 14.1. The van der Waals surface area contributed by atoms with Gasteiger partial charge in [0, 0.05) is 9.92 Å². The van der Waals surface area contributed by atoms with Gasteiger partial charge in [-0.3, -0.25) is 0 Å². The lowest BCUT2D eigenvalue weighted by Gasteiger charge is -2.04. The van der Waals surface area contributed by atoms with Crippen molar-refractivity contribution in [2.75, 3.05) is 11.6 Å². The first-order chi connectivity index (χ1) is 9.65. The summed E-state index contributed by atoms with van der Waals surface area (Å²) in [6, 6.07) is 11.6. The zero-order valence-electron chi connectivity index (χ0n) is 10.5. The summed E-state index contributed by atoms with van der Waals surface area (Å²) in [7, 11) is 0. The van der Waals surface area contributed by atoms with Crippen LogP contribution in [0.2, 0.25) is 10.0 Å². The number of nitrogens with one attached hydrogen (secondary N) is 1. The van der Waals surface area contributed by atoms with Gasteiger partial charge < -0.3 is 5.32 Å². The van der Waals surface area contributed by atoms with Crippen molar-refractivity contribution in [1.82, 2.24) is 4.98 Å². The van der Waals surface area contributed by atoms with Gasteiger partial charge in [0.1, 0.15) is 0 Å². The normalized spacial score (nSPS) is 10.9. The van der Waals surface area contributed by atoms with Crippen LogP contribution in [-0.2, 0) is 0 Å². The molecule has 3 aromatic rings. The molecule has 1 N–H and O–H groups in total. The van der Waals surface area contributed by atoms with Gasteiger partial charge in [-0.2, -0.15) is 0 Å². The molecule has 2 nitrogen and oxygen atoms in total. The molecule has 20 heavy (non-hydrogen) atoms. The Kier molecular flexibility index (Phi) is 4.08. The van der Waals surface area contributed by atoms with E-state index in [4.69, 9.17) is 23.2 Å². The molecule has 1 heterocycles. The van der Waals surface area contributed by atoms with E-state index < -0.39 is 0 Å². The van der Waals surface area contributed by atoms with Gasteiger partial charge in [0.05, 0.1) is 20.9 Å². The molecule has 0 spiro atoms. The second-order valence-electron chi connectivity index (χ2n) is 4.10. The smallest absolute Gasteiger partial charge is 0.188 e. The molecule has 0 fully saturated rings. The van der Waals surface area contributed by atoms with Crippen LogP contribution in [0.25, 0.3) is 10.2 Å². The van der Waals surface area contributed by atoms with Gasteiger partial charge in [-0.15, -0.1) is 11.8 Å². The maximum atomic E-state index is 6.14. The zero-order valence-corrected chi connectivity index (χ0v) is 13.6. The van der Waals surface area contributed by atoms with Crippen LogP contribution < -0.4 is 5.32 Å². The number of hydrogen-bond donors (Lipinski definition) is 1. The van der Waals surface area contributed by atoms with Crippen molar-refractivity contribution >= 4 is 67.3 Å². The molecule has 0 amide bonds. The standard InChI is InChI=1S/C14H10Cl2N2S2/c1-19-9-3-5-11-13(7-9)20-14(17-11)18-12-6-8(15)2-4-10(12)16/h2-7H,1H3,(H,17,18). The van der Waals surface area contributed by atoms with Crippen LogP contribution in [0.15, 0.2) is 41.3 Å². The van der Waals surface area contributed by atoms with Crippen molar-refractivity contribution in [3.8, 4) is 0 Å². The summed E-state index contributed by atoms with van der Waals surface area (Å²) in [5.74, 6) is 0. The van der Waals surface area contributed by atoms with Crippen LogP contribution in [0, 0.1) is 0 Å². The molecule has 0 saturated carbocycles. The average Bonchev–Trinajstić information content (AvgIpc) is 2.84. The number of aromatic nitrogens is 1. The van der Waals surface area contributed by atoms with E-state index >= 15 is 0 Å². The number of fused-ring (bicyclic) bond motifs is 1. The van der Waals surface area contributed by atoms with E-state index in [1.54, 1.807) is 41.3 Å². The number of nitrogens with zero attached hydrogens (tertiary/aromatic N) is 1. The molecule has 0 saturated heterocycles. The molecule has 102 valence electrons. The Balaban J connectivity index is 1.96. The van der Waals surface area contributed by atoms with Gasteiger partial charge in [-0.05, 0) is 42.7 Å². The molecule has 0 bridgehead atoms. The second kappa shape index (κ2) is 5.82. The summed E-state index contributed by atoms with van der Waals surface area (Å²) in [4.78, 5) is 5.78. The molecule has 6 heteroatoms. The summed E-state index contributed by atoms with van der Waals surface area (Å²) in [5, 5.41) is 5.30. The first-order valence-electron chi connectivity index (χ1n) is 5.82. The molecule has 0 aliphatic rings. The van der Waals surface area contributed by atoms with Gasteiger partial charge >= 0.3 is 0 Å². The van der Waals surface area contributed by atoms with Crippen molar-refractivity contribution in [3.63, 3.8) is 0 Å². The van der Waals surface area contributed by atoms with E-state index in [9.17, 15) is 0 Å². The number of thioether (sulfide) groups is 1. The Hall–Kier alpha value is -0.940. The number of anilines is 2. The third-order valence-electron chi connectivity index (χ3n) is 2.77. The van der Waals surface area contributed by atoms with Crippen molar-refractivity contribution in [3.05, 3.63) is 46.4 Å². The molecular formula is C14H10Cl2N2S2. The third kappa shape index (κ3) is 2.88. The average molecular weight is 341 g/mol. The molecule has 1 aromatic heterocycles. The minimum absolute atomic E-state index is 0.624. The van der Waals surface area contributed by atoms with Gasteiger partial charge in [0.15, 0.2) is 5.13 Å². The van der Waals surface area contributed by atoms with Crippen LogP contribution in [0.5, 0.6) is 0 Å². The van der Waals surface area contributed by atoms with E-state index in [0.717, 1.165) is 21.0 Å². The van der Waals surface area contributed by atoms with E-state index in [1.165, 1.54) is 4.90 Å². The summed E-state index contributed by atoms with van der Waals surface area (Å²) >= 11 is 15.4. The highest BCUT2D eigenvalue weighted by atomic mass is 35.5. The Labute approximate surface area is 135 Å². The maximum absolute atomic E-state index is 6.14. The number of halogens is 2. The summed E-state index contributed by atoms with van der Waals surface area (Å²) in [5.41, 5.74) is 1.75. The Morgan fingerprint density at radius 2 is 2.00 bits per heavy atom. The van der Waals surface area contributed by atoms with Crippen LogP contribution in [0.4, 0.5) is 10.8 Å². The predicted octanol–water partition coefficient (Wildman–Crippen LogP) is 6.07. The minimum Gasteiger partial charge on any atom is -0.330 e. The van der Waals surface area contributed by atoms with Crippen LogP contribution in [0.3, 0.4) is 0 Å². The van der Waals surface area contributed by atoms with E-state index in [0.29, 0.717) is 10.0 Å². The topological polar surface area (TPSA) is 24.9 Å². The highest BCUT2D eigenvalue weighted by molar-refractivity contribution is 7.98. The van der Waals surface area contributed by atoms with Gasteiger partial charge in [-0.25, -0.2) is 4.98 Å². The largest absolute Gasteiger partial charge is 0.330 e. The lowest BCUT2D eigenvalue weighted by molar-refractivity contribution is 1.43. The fourth-order valence-corrected chi connectivity index (χ4v) is 3.56. The molecule has 0 radical (unpaired) electrons. The summed E-state index contributed by atoms with van der Waals surface area (Å²) < 4.78 is 1.15. The van der Waals surface area contributed by atoms with Crippen molar-refractivity contribution in [2.24, 2.45) is 0 Å². The molecular weight excluding hydrogens is 331 g/mol. The predicted molar refractivity (Wildman–Crippen MR) is 91.1 cm³/mol. The SMILES string of the molecule is CSc1ccc2nc(Nc3cc(Cl)ccc3Cl)sc2c1. The fraction of sp³-hybridized carbons (Fsp3) is 0.0714. The van der Waals surface area contributed by atoms with E-state index in [1.807, 2.05) is 6.07 Å². The van der Waals surface area contributed by atoms with Crippen LogP contribution >= 0.6 is 46.3 Å². The summed E-state index contributed by atoms with van der Waals surface area (Å²) in [6.45, 7) is 0. The van der Waals surface area contributed by atoms with Gasteiger partial charge in [0.25, 0.3) is 0 Å². The van der Waals surface area contributed by atoms with Crippen molar-refractivity contribution < 1.29 is 0 Å². The minimum atomic E-state index is 0.624. The quantitative estimate of drug-likeness (QED) is 0.585. The first kappa shape index (κ1) is 14.0. The Bertz CT molecular complexity index is 771. The van der Waals surface area contributed by atoms with Gasteiger partial charge in [-0.1, -0.05) is 34.5 Å². The van der Waals surface area contributed by atoms with Crippen molar-refractivity contribution in [2.45, 2.75) is 4.90 Å². The van der Waals surface area contributed by atoms with E-state index in [2.05, 4.69) is 28.7 Å². The summed E-state index contributed by atoms with van der Waals surface area (Å²) in [6.07, 6.45) is 2.06. The molecule has 0 atom stereocenters. The monoisotopic (exact) mass is 340 g/mol. The fourth-order valence-electron chi connectivity index (χ4n) is 1.79. The second-order valence-corrected chi connectivity index (χ2v) is 6.86. The lowest BCUT2D eigenvalue weighted by atomic mass is 10.3. The van der Waals surface area contributed by atoms with Crippen molar-refractivity contribution in [1.29, 1.82) is 0 Å². The number of benzene rings is 2. The maximum Gasteiger partial charge on any atom is 0.188 e. The highest BCUT2D eigenvalue weighted by Gasteiger charge is 2.07. The Morgan fingerprint density at radius 3 is 2.80 bits per heavy atom.